The number of carbonyl (C=O) groups excluding carboxylic acids is 1. The molecule has 0 radical (unpaired) electrons. The number of likely N-dealkylation sites (tertiary alicyclic amines) is 1. The van der Waals surface area contributed by atoms with Gasteiger partial charge in [-0.25, -0.2) is 4.98 Å². The highest BCUT2D eigenvalue weighted by Crippen LogP contribution is 2.33. The summed E-state index contributed by atoms with van der Waals surface area (Å²) in [5.74, 6) is 0.436. The van der Waals surface area contributed by atoms with Gasteiger partial charge >= 0.3 is 0 Å². The van der Waals surface area contributed by atoms with Gasteiger partial charge in [-0.05, 0) is 44.1 Å². The Bertz CT molecular complexity index is 658. The van der Waals surface area contributed by atoms with Gasteiger partial charge in [0.15, 0.2) is 0 Å². The molecule has 1 N–H and O–H groups in total. The van der Waals surface area contributed by atoms with Gasteiger partial charge in [0.25, 0.3) is 0 Å². The third kappa shape index (κ3) is 3.82. The first kappa shape index (κ1) is 16.6. The lowest BCUT2D eigenvalue weighted by atomic mass is 9.90. The van der Waals surface area contributed by atoms with Crippen molar-refractivity contribution in [2.45, 2.75) is 39.2 Å². The van der Waals surface area contributed by atoms with E-state index >= 15 is 0 Å². The number of rotatable bonds is 4. The van der Waals surface area contributed by atoms with Crippen LogP contribution in [0.15, 0.2) is 17.5 Å². The second-order valence-corrected chi connectivity index (χ2v) is 8.36. The predicted octanol–water partition coefficient (Wildman–Crippen LogP) is 3.34. The molecule has 1 fully saturated rings. The molecule has 1 aliphatic rings. The van der Waals surface area contributed by atoms with Gasteiger partial charge in [0.05, 0.1) is 23.2 Å². The Morgan fingerprint density at radius 2 is 2.17 bits per heavy atom. The maximum atomic E-state index is 12.5. The highest BCUT2D eigenvalue weighted by atomic mass is 32.1. The smallest absolute Gasteiger partial charge is 0.227 e. The molecule has 0 aliphatic carbocycles. The van der Waals surface area contributed by atoms with Crippen LogP contribution in [0, 0.1) is 19.8 Å². The summed E-state index contributed by atoms with van der Waals surface area (Å²) in [4.78, 5) is 20.9. The van der Waals surface area contributed by atoms with Crippen LogP contribution in [-0.2, 0) is 11.2 Å². The number of nitrogens with zero attached hydrogens (tertiary/aromatic N) is 2. The van der Waals surface area contributed by atoms with E-state index in [9.17, 15) is 9.90 Å². The number of aliphatic hydroxyl groups excluding tert-OH is 1. The number of amides is 1. The van der Waals surface area contributed by atoms with Crippen molar-refractivity contribution >= 4 is 28.6 Å². The van der Waals surface area contributed by atoms with E-state index in [0.717, 1.165) is 46.4 Å². The monoisotopic (exact) mass is 350 g/mol. The van der Waals surface area contributed by atoms with Crippen molar-refractivity contribution in [3.05, 3.63) is 38.0 Å². The van der Waals surface area contributed by atoms with Crippen LogP contribution in [-0.4, -0.2) is 34.0 Å². The van der Waals surface area contributed by atoms with Crippen molar-refractivity contribution in [2.75, 3.05) is 13.1 Å². The van der Waals surface area contributed by atoms with Crippen molar-refractivity contribution in [3.8, 4) is 0 Å². The molecule has 2 aromatic heterocycles. The molecule has 1 saturated heterocycles. The molecule has 23 heavy (non-hydrogen) atoms. The number of aliphatic hydroxyl groups is 1. The number of carbonyl (C=O) groups is 1. The third-order valence-corrected chi connectivity index (χ3v) is 6.50. The average Bonchev–Trinajstić information content (AvgIpc) is 3.17. The van der Waals surface area contributed by atoms with Crippen LogP contribution in [0.4, 0.5) is 0 Å². The van der Waals surface area contributed by atoms with E-state index in [1.54, 1.807) is 22.7 Å². The largest absolute Gasteiger partial charge is 0.387 e. The van der Waals surface area contributed by atoms with Crippen molar-refractivity contribution in [2.24, 2.45) is 5.92 Å². The molecule has 1 aliphatic heterocycles. The molecule has 1 atom stereocenters. The first-order chi connectivity index (χ1) is 11.0. The van der Waals surface area contributed by atoms with E-state index in [1.807, 2.05) is 36.3 Å². The Balaban J connectivity index is 1.54. The molecule has 0 unspecified atom stereocenters. The Morgan fingerprint density at radius 1 is 1.43 bits per heavy atom. The Labute approximate surface area is 144 Å². The van der Waals surface area contributed by atoms with Gasteiger partial charge in [0.2, 0.25) is 5.91 Å². The van der Waals surface area contributed by atoms with Gasteiger partial charge in [-0.2, -0.15) is 0 Å². The summed E-state index contributed by atoms with van der Waals surface area (Å²) in [6.07, 6.45) is 1.80. The maximum Gasteiger partial charge on any atom is 0.227 e. The molecule has 3 rings (SSSR count). The SMILES string of the molecule is Cc1nc(C)c(CC(=O)N2CCC([C@H](O)c3cccs3)CC2)s1. The standard InChI is InChI=1S/C17H22N2O2S2/c1-11-15(23-12(2)18-11)10-16(20)19-7-5-13(6-8-19)17(21)14-4-3-9-22-14/h3-4,9,13,17,21H,5-8,10H2,1-2H3/t17-/m0/s1. The van der Waals surface area contributed by atoms with Gasteiger partial charge in [0.1, 0.15) is 0 Å². The zero-order valence-corrected chi connectivity index (χ0v) is 15.1. The van der Waals surface area contributed by atoms with E-state index in [1.165, 1.54) is 0 Å². The summed E-state index contributed by atoms with van der Waals surface area (Å²) in [7, 11) is 0. The summed E-state index contributed by atoms with van der Waals surface area (Å²) in [6.45, 7) is 5.42. The fraction of sp³-hybridized carbons (Fsp3) is 0.529. The first-order valence-electron chi connectivity index (χ1n) is 7.96. The van der Waals surface area contributed by atoms with Gasteiger partial charge in [-0.15, -0.1) is 22.7 Å². The zero-order chi connectivity index (χ0) is 16.4. The van der Waals surface area contributed by atoms with Crippen LogP contribution in [0.2, 0.25) is 0 Å². The molecule has 3 heterocycles. The summed E-state index contributed by atoms with van der Waals surface area (Å²) in [6, 6.07) is 3.96. The van der Waals surface area contributed by atoms with Gasteiger partial charge in [0, 0.05) is 22.8 Å². The number of thiophene rings is 1. The van der Waals surface area contributed by atoms with Crippen molar-refractivity contribution in [3.63, 3.8) is 0 Å². The highest BCUT2D eigenvalue weighted by Gasteiger charge is 2.29. The minimum absolute atomic E-state index is 0.181. The van der Waals surface area contributed by atoms with Crippen LogP contribution in [0.5, 0.6) is 0 Å². The quantitative estimate of drug-likeness (QED) is 0.920. The summed E-state index contributed by atoms with van der Waals surface area (Å²) >= 11 is 3.21. The number of hydrogen-bond donors (Lipinski definition) is 1. The van der Waals surface area contributed by atoms with E-state index in [4.69, 9.17) is 0 Å². The topological polar surface area (TPSA) is 53.4 Å². The molecule has 2 aromatic rings. The van der Waals surface area contributed by atoms with Crippen LogP contribution in [0.1, 0.15) is 39.4 Å². The lowest BCUT2D eigenvalue weighted by molar-refractivity contribution is -0.132. The fourth-order valence-electron chi connectivity index (χ4n) is 3.14. The zero-order valence-electron chi connectivity index (χ0n) is 13.5. The van der Waals surface area contributed by atoms with Crippen molar-refractivity contribution in [1.29, 1.82) is 0 Å². The fourth-order valence-corrected chi connectivity index (χ4v) is 4.87. The minimum atomic E-state index is -0.390. The van der Waals surface area contributed by atoms with E-state index in [2.05, 4.69) is 4.98 Å². The number of aromatic nitrogens is 1. The lowest BCUT2D eigenvalue weighted by Gasteiger charge is -2.34. The van der Waals surface area contributed by atoms with Crippen LogP contribution < -0.4 is 0 Å². The number of piperidine rings is 1. The maximum absolute atomic E-state index is 12.5. The van der Waals surface area contributed by atoms with Crippen molar-refractivity contribution in [1.82, 2.24) is 9.88 Å². The lowest BCUT2D eigenvalue weighted by Crippen LogP contribution is -2.40. The molecule has 0 saturated carbocycles. The molecule has 0 aromatic carbocycles. The average molecular weight is 351 g/mol. The van der Waals surface area contributed by atoms with E-state index in [-0.39, 0.29) is 11.8 Å². The van der Waals surface area contributed by atoms with Crippen LogP contribution in [0.25, 0.3) is 0 Å². The summed E-state index contributed by atoms with van der Waals surface area (Å²) in [5.41, 5.74) is 0.976. The van der Waals surface area contributed by atoms with Gasteiger partial charge in [-0.1, -0.05) is 6.07 Å². The highest BCUT2D eigenvalue weighted by molar-refractivity contribution is 7.11. The third-order valence-electron chi connectivity index (χ3n) is 4.48. The van der Waals surface area contributed by atoms with E-state index < -0.39 is 6.10 Å². The number of hydrogen-bond acceptors (Lipinski definition) is 5. The van der Waals surface area contributed by atoms with E-state index in [0.29, 0.717) is 6.42 Å². The molecule has 0 bridgehead atoms. The molecule has 4 nitrogen and oxygen atoms in total. The molecule has 124 valence electrons. The summed E-state index contributed by atoms with van der Waals surface area (Å²) < 4.78 is 0. The number of aryl methyl sites for hydroxylation is 2. The van der Waals surface area contributed by atoms with Gasteiger partial charge in [-0.3, -0.25) is 4.79 Å². The predicted molar refractivity (Wildman–Crippen MR) is 93.9 cm³/mol. The number of thiazole rings is 1. The molecule has 0 spiro atoms. The normalized spacial score (nSPS) is 17.4. The molecule has 6 heteroatoms. The Morgan fingerprint density at radius 3 is 2.74 bits per heavy atom. The van der Waals surface area contributed by atoms with Crippen LogP contribution >= 0.6 is 22.7 Å². The first-order valence-corrected chi connectivity index (χ1v) is 9.66. The molecular formula is C17H22N2O2S2. The van der Waals surface area contributed by atoms with Crippen LogP contribution in [0.3, 0.4) is 0 Å². The Kier molecular flexibility index (Phi) is 5.14. The van der Waals surface area contributed by atoms with Gasteiger partial charge < -0.3 is 10.0 Å². The molecular weight excluding hydrogens is 328 g/mol. The molecule has 1 amide bonds. The second-order valence-electron chi connectivity index (χ2n) is 6.10. The van der Waals surface area contributed by atoms with Crippen molar-refractivity contribution < 1.29 is 9.90 Å². The Hall–Kier alpha value is -1.24. The minimum Gasteiger partial charge on any atom is -0.387 e. The second kappa shape index (κ2) is 7.11. The summed E-state index contributed by atoms with van der Waals surface area (Å²) in [5, 5.41) is 13.4.